The van der Waals surface area contributed by atoms with Crippen LogP contribution in [0.5, 0.6) is 0 Å². The molecule has 0 unspecified atom stereocenters. The van der Waals surface area contributed by atoms with Gasteiger partial charge in [0.15, 0.2) is 0 Å². The summed E-state index contributed by atoms with van der Waals surface area (Å²) in [6.45, 7) is 4.06. The molecule has 0 bridgehead atoms. The molecule has 1 aromatic heterocycles. The van der Waals surface area contributed by atoms with Gasteiger partial charge in [-0.1, -0.05) is 30.3 Å². The molecule has 2 aromatic rings. The lowest BCUT2D eigenvalue weighted by molar-refractivity contribution is -0.157. The normalized spacial score (nSPS) is 14.2. The molecule has 0 N–H and O–H groups in total. The molecule has 2 heterocycles. The second-order valence-corrected chi connectivity index (χ2v) is 7.02. The molecule has 1 aliphatic heterocycles. The lowest BCUT2D eigenvalue weighted by Gasteiger charge is -2.34. The minimum atomic E-state index is -0.599. The van der Waals surface area contributed by atoms with Crippen LogP contribution in [0.2, 0.25) is 0 Å². The van der Waals surface area contributed by atoms with Gasteiger partial charge in [0.05, 0.1) is 0 Å². The van der Waals surface area contributed by atoms with E-state index in [1.807, 2.05) is 49.4 Å². The Hall–Kier alpha value is -3.22. The summed E-state index contributed by atoms with van der Waals surface area (Å²) in [7, 11) is 0. The predicted octanol–water partition coefficient (Wildman–Crippen LogP) is 1.34. The first-order chi connectivity index (χ1) is 14.1. The summed E-state index contributed by atoms with van der Waals surface area (Å²) in [6.07, 6.45) is 4.11. The van der Waals surface area contributed by atoms with Crippen LogP contribution < -0.4 is 0 Å². The zero-order chi connectivity index (χ0) is 20.6. The summed E-state index contributed by atoms with van der Waals surface area (Å²) < 4.78 is 0. The van der Waals surface area contributed by atoms with E-state index < -0.39 is 11.8 Å². The van der Waals surface area contributed by atoms with Crippen LogP contribution in [0.3, 0.4) is 0 Å². The quantitative estimate of drug-likeness (QED) is 0.634. The lowest BCUT2D eigenvalue weighted by Crippen LogP contribution is -2.56. The third-order valence-corrected chi connectivity index (χ3v) is 5.09. The highest BCUT2D eigenvalue weighted by Gasteiger charge is 2.33. The maximum atomic E-state index is 13.0. The number of piperazine rings is 1. The summed E-state index contributed by atoms with van der Waals surface area (Å²) in [6, 6.07) is 13.7. The van der Waals surface area contributed by atoms with Gasteiger partial charge in [-0.25, -0.2) is 0 Å². The SMILES string of the molecule is CCN1CCN(CC(=O)N(CCc2ccccc2)Cc2ccncc2)C(=O)C1=O. The molecule has 7 nitrogen and oxygen atoms in total. The van der Waals surface area contributed by atoms with Crippen LogP contribution in [0.25, 0.3) is 0 Å². The molecule has 152 valence electrons. The number of likely N-dealkylation sites (N-methyl/N-ethyl adjacent to an activating group) is 1. The van der Waals surface area contributed by atoms with Gasteiger partial charge in [0.1, 0.15) is 6.54 Å². The fourth-order valence-corrected chi connectivity index (χ4v) is 3.34. The summed E-state index contributed by atoms with van der Waals surface area (Å²) in [4.78, 5) is 46.1. The number of hydrogen-bond acceptors (Lipinski definition) is 4. The lowest BCUT2D eigenvalue weighted by atomic mass is 10.1. The van der Waals surface area contributed by atoms with Gasteiger partial charge in [0.25, 0.3) is 0 Å². The standard InChI is InChI=1S/C22H26N4O3/c1-2-24-14-15-26(22(29)21(24)28)17-20(27)25(16-19-8-11-23-12-9-19)13-10-18-6-4-3-5-7-18/h3-9,11-12H,2,10,13-17H2,1H3. The van der Waals surface area contributed by atoms with Crippen molar-refractivity contribution in [2.75, 3.05) is 32.7 Å². The molecule has 0 spiro atoms. The molecule has 1 fully saturated rings. The number of benzene rings is 1. The summed E-state index contributed by atoms with van der Waals surface area (Å²) in [5, 5.41) is 0. The third-order valence-electron chi connectivity index (χ3n) is 5.09. The molecule has 7 heteroatoms. The fraction of sp³-hybridized carbons (Fsp3) is 0.364. The van der Waals surface area contributed by atoms with Crippen molar-refractivity contribution in [3.63, 3.8) is 0 Å². The zero-order valence-corrected chi connectivity index (χ0v) is 16.7. The van der Waals surface area contributed by atoms with Gasteiger partial charge in [-0.05, 0) is 36.6 Å². The van der Waals surface area contributed by atoms with Crippen LogP contribution in [0.15, 0.2) is 54.9 Å². The van der Waals surface area contributed by atoms with Crippen LogP contribution in [-0.2, 0) is 27.3 Å². The Morgan fingerprint density at radius 1 is 0.966 bits per heavy atom. The van der Waals surface area contributed by atoms with E-state index >= 15 is 0 Å². The van der Waals surface area contributed by atoms with Gasteiger partial charge >= 0.3 is 11.8 Å². The van der Waals surface area contributed by atoms with Gasteiger partial charge in [0, 0.05) is 45.1 Å². The van der Waals surface area contributed by atoms with E-state index in [1.165, 1.54) is 9.80 Å². The second kappa shape index (κ2) is 9.82. The molecule has 0 radical (unpaired) electrons. The number of carbonyl (C=O) groups excluding carboxylic acids is 3. The van der Waals surface area contributed by atoms with E-state index in [9.17, 15) is 14.4 Å². The molecule has 0 aliphatic carbocycles. The number of pyridine rings is 1. The molecule has 3 rings (SSSR count). The van der Waals surface area contributed by atoms with Gasteiger partial charge in [-0.3, -0.25) is 19.4 Å². The molecule has 1 aromatic carbocycles. The maximum Gasteiger partial charge on any atom is 0.312 e. The highest BCUT2D eigenvalue weighted by molar-refractivity contribution is 6.35. The summed E-state index contributed by atoms with van der Waals surface area (Å²) in [5.41, 5.74) is 2.11. The Labute approximate surface area is 170 Å². The van der Waals surface area contributed by atoms with Crippen molar-refractivity contribution < 1.29 is 14.4 Å². The molecule has 0 atom stereocenters. The van der Waals surface area contributed by atoms with Crippen LogP contribution in [0.4, 0.5) is 0 Å². The Morgan fingerprint density at radius 2 is 1.62 bits per heavy atom. The fourth-order valence-electron chi connectivity index (χ4n) is 3.34. The first-order valence-electron chi connectivity index (χ1n) is 9.87. The molecule has 3 amide bonds. The average Bonchev–Trinajstić information content (AvgIpc) is 2.76. The third kappa shape index (κ3) is 5.40. The minimum Gasteiger partial charge on any atom is -0.336 e. The zero-order valence-electron chi connectivity index (χ0n) is 16.7. The largest absolute Gasteiger partial charge is 0.336 e. The minimum absolute atomic E-state index is 0.0813. The molecular formula is C22H26N4O3. The van der Waals surface area contributed by atoms with Gasteiger partial charge in [-0.2, -0.15) is 0 Å². The van der Waals surface area contributed by atoms with Crippen LogP contribution in [0, 0.1) is 0 Å². The number of carbonyl (C=O) groups is 3. The Kier molecular flexibility index (Phi) is 6.94. The number of aromatic nitrogens is 1. The van der Waals surface area contributed by atoms with Crippen molar-refractivity contribution in [2.24, 2.45) is 0 Å². The van der Waals surface area contributed by atoms with E-state index in [1.54, 1.807) is 17.3 Å². The molecule has 1 saturated heterocycles. The Bertz CT molecular complexity index is 842. The van der Waals surface area contributed by atoms with Crippen molar-refractivity contribution in [1.82, 2.24) is 19.7 Å². The van der Waals surface area contributed by atoms with Crippen LogP contribution in [-0.4, -0.2) is 70.1 Å². The van der Waals surface area contributed by atoms with E-state index in [0.717, 1.165) is 11.1 Å². The first-order valence-corrected chi connectivity index (χ1v) is 9.87. The summed E-state index contributed by atoms with van der Waals surface area (Å²) in [5.74, 6) is -1.29. The predicted molar refractivity (Wildman–Crippen MR) is 109 cm³/mol. The summed E-state index contributed by atoms with van der Waals surface area (Å²) >= 11 is 0. The van der Waals surface area contributed by atoms with Crippen molar-refractivity contribution >= 4 is 17.7 Å². The molecule has 0 saturated carbocycles. The number of amides is 3. The van der Waals surface area contributed by atoms with Crippen LogP contribution >= 0.6 is 0 Å². The Balaban J connectivity index is 1.68. The van der Waals surface area contributed by atoms with Crippen LogP contribution in [0.1, 0.15) is 18.1 Å². The Morgan fingerprint density at radius 3 is 2.31 bits per heavy atom. The van der Waals surface area contributed by atoms with Gasteiger partial charge < -0.3 is 14.7 Å². The first kappa shape index (κ1) is 20.5. The van der Waals surface area contributed by atoms with E-state index in [2.05, 4.69) is 4.98 Å². The van der Waals surface area contributed by atoms with E-state index in [4.69, 9.17) is 0 Å². The molecule has 1 aliphatic rings. The van der Waals surface area contributed by atoms with Crippen molar-refractivity contribution in [3.8, 4) is 0 Å². The number of nitrogens with zero attached hydrogens (tertiary/aromatic N) is 4. The van der Waals surface area contributed by atoms with Gasteiger partial charge in [-0.15, -0.1) is 0 Å². The second-order valence-electron chi connectivity index (χ2n) is 7.02. The number of hydrogen-bond donors (Lipinski definition) is 0. The highest BCUT2D eigenvalue weighted by Crippen LogP contribution is 2.10. The topological polar surface area (TPSA) is 73.8 Å². The number of rotatable bonds is 8. The molecule has 29 heavy (non-hydrogen) atoms. The molecular weight excluding hydrogens is 368 g/mol. The van der Waals surface area contributed by atoms with Crippen molar-refractivity contribution in [2.45, 2.75) is 19.9 Å². The van der Waals surface area contributed by atoms with E-state index in [0.29, 0.717) is 39.1 Å². The highest BCUT2D eigenvalue weighted by atomic mass is 16.2. The maximum absolute atomic E-state index is 13.0. The van der Waals surface area contributed by atoms with Crippen molar-refractivity contribution in [1.29, 1.82) is 0 Å². The van der Waals surface area contributed by atoms with Crippen molar-refractivity contribution in [3.05, 3.63) is 66.0 Å². The van der Waals surface area contributed by atoms with E-state index in [-0.39, 0.29) is 12.5 Å². The smallest absolute Gasteiger partial charge is 0.312 e. The average molecular weight is 394 g/mol. The monoisotopic (exact) mass is 394 g/mol. The van der Waals surface area contributed by atoms with Gasteiger partial charge in [0.2, 0.25) is 5.91 Å².